The Bertz CT molecular complexity index is 399. The molecule has 0 radical (unpaired) electrons. The van der Waals surface area contributed by atoms with Crippen LogP contribution < -0.4 is 0 Å². The first-order chi connectivity index (χ1) is 7.58. The van der Waals surface area contributed by atoms with Crippen LogP contribution in [-0.4, -0.2) is 5.11 Å². The van der Waals surface area contributed by atoms with Crippen LogP contribution in [-0.2, 0) is 5.60 Å². The van der Waals surface area contributed by atoms with E-state index in [1.807, 2.05) is 6.92 Å². The Morgan fingerprint density at radius 1 is 1.50 bits per heavy atom. The molecule has 1 rings (SSSR count). The van der Waals surface area contributed by atoms with Crippen molar-refractivity contribution in [2.45, 2.75) is 32.3 Å². The van der Waals surface area contributed by atoms with Crippen molar-refractivity contribution in [1.29, 1.82) is 5.26 Å². The van der Waals surface area contributed by atoms with Gasteiger partial charge in [0.15, 0.2) is 0 Å². The molecule has 1 aromatic rings. The first-order valence-electron chi connectivity index (χ1n) is 5.46. The lowest BCUT2D eigenvalue weighted by molar-refractivity contribution is -0.00835. The van der Waals surface area contributed by atoms with Gasteiger partial charge in [-0.15, -0.1) is 0 Å². The number of nitrogens with zero attached hydrogens (tertiary/aromatic N) is 1. The van der Waals surface area contributed by atoms with E-state index in [1.54, 1.807) is 19.1 Å². The zero-order valence-corrected chi connectivity index (χ0v) is 9.57. The van der Waals surface area contributed by atoms with E-state index in [2.05, 4.69) is 6.07 Å². The normalized spacial score (nSPS) is 16.2. The SMILES string of the molecule is CCC(C#N)C(O)(CC)c1cccc(F)c1. The lowest BCUT2D eigenvalue weighted by Gasteiger charge is -2.31. The topological polar surface area (TPSA) is 44.0 Å². The van der Waals surface area contributed by atoms with E-state index in [4.69, 9.17) is 5.26 Å². The van der Waals surface area contributed by atoms with E-state index in [-0.39, 0.29) is 0 Å². The van der Waals surface area contributed by atoms with Crippen LogP contribution in [0.15, 0.2) is 24.3 Å². The van der Waals surface area contributed by atoms with E-state index in [0.717, 1.165) is 0 Å². The lowest BCUT2D eigenvalue weighted by Crippen LogP contribution is -2.33. The zero-order chi connectivity index (χ0) is 12.2. The molecule has 0 aliphatic rings. The predicted molar refractivity (Wildman–Crippen MR) is 60.0 cm³/mol. The quantitative estimate of drug-likeness (QED) is 0.849. The molecule has 1 aromatic carbocycles. The van der Waals surface area contributed by atoms with Crippen molar-refractivity contribution in [3.8, 4) is 6.07 Å². The van der Waals surface area contributed by atoms with Crippen LogP contribution in [0.25, 0.3) is 0 Å². The smallest absolute Gasteiger partial charge is 0.123 e. The van der Waals surface area contributed by atoms with Crippen molar-refractivity contribution in [2.24, 2.45) is 5.92 Å². The number of hydrogen-bond donors (Lipinski definition) is 1. The highest BCUT2D eigenvalue weighted by Crippen LogP contribution is 2.34. The number of rotatable bonds is 4. The highest BCUT2D eigenvalue weighted by atomic mass is 19.1. The van der Waals surface area contributed by atoms with Gasteiger partial charge in [0.25, 0.3) is 0 Å². The molecule has 0 fully saturated rings. The molecule has 16 heavy (non-hydrogen) atoms. The summed E-state index contributed by atoms with van der Waals surface area (Å²) in [5, 5.41) is 19.5. The molecular formula is C13H16FNO. The molecule has 2 nitrogen and oxygen atoms in total. The van der Waals surface area contributed by atoms with Gasteiger partial charge in [-0.1, -0.05) is 26.0 Å². The van der Waals surface area contributed by atoms with Crippen molar-refractivity contribution < 1.29 is 9.50 Å². The molecule has 86 valence electrons. The monoisotopic (exact) mass is 221 g/mol. The zero-order valence-electron chi connectivity index (χ0n) is 9.57. The second-order valence-electron chi connectivity index (χ2n) is 3.88. The van der Waals surface area contributed by atoms with Crippen molar-refractivity contribution >= 4 is 0 Å². The van der Waals surface area contributed by atoms with Crippen LogP contribution in [0.5, 0.6) is 0 Å². The molecule has 0 aliphatic heterocycles. The summed E-state index contributed by atoms with van der Waals surface area (Å²) in [5.74, 6) is -0.906. The van der Waals surface area contributed by atoms with Crippen LogP contribution >= 0.6 is 0 Å². The van der Waals surface area contributed by atoms with Crippen LogP contribution in [0.1, 0.15) is 32.3 Å². The molecular weight excluding hydrogens is 205 g/mol. The fourth-order valence-corrected chi connectivity index (χ4v) is 1.95. The fraction of sp³-hybridized carbons (Fsp3) is 0.462. The number of aliphatic hydroxyl groups is 1. The van der Waals surface area contributed by atoms with E-state index in [1.165, 1.54) is 12.1 Å². The Labute approximate surface area is 95.3 Å². The molecule has 0 heterocycles. The Kier molecular flexibility index (Phi) is 4.03. The van der Waals surface area contributed by atoms with E-state index >= 15 is 0 Å². The third-order valence-electron chi connectivity index (χ3n) is 3.00. The number of halogens is 1. The molecule has 1 N–H and O–H groups in total. The minimum Gasteiger partial charge on any atom is -0.384 e. The molecule has 0 aromatic heterocycles. The Hall–Kier alpha value is -1.40. The average molecular weight is 221 g/mol. The highest BCUT2D eigenvalue weighted by molar-refractivity contribution is 5.26. The van der Waals surface area contributed by atoms with Gasteiger partial charge in [0.2, 0.25) is 0 Å². The number of benzene rings is 1. The Morgan fingerprint density at radius 3 is 2.62 bits per heavy atom. The molecule has 2 atom stereocenters. The van der Waals surface area contributed by atoms with E-state index in [9.17, 15) is 9.50 Å². The summed E-state index contributed by atoms with van der Waals surface area (Å²) in [6.45, 7) is 3.64. The Balaban J connectivity index is 3.19. The van der Waals surface area contributed by atoms with Gasteiger partial charge in [-0.3, -0.25) is 0 Å². The molecule has 3 heteroatoms. The predicted octanol–water partition coefficient (Wildman–Crippen LogP) is 2.97. The van der Waals surface area contributed by atoms with Crippen molar-refractivity contribution in [1.82, 2.24) is 0 Å². The average Bonchev–Trinajstić information content (AvgIpc) is 2.30. The summed E-state index contributed by atoms with van der Waals surface area (Å²) in [4.78, 5) is 0. The highest BCUT2D eigenvalue weighted by Gasteiger charge is 2.36. The maximum Gasteiger partial charge on any atom is 0.123 e. The van der Waals surface area contributed by atoms with Gasteiger partial charge in [-0.25, -0.2) is 4.39 Å². The van der Waals surface area contributed by atoms with Gasteiger partial charge in [0, 0.05) is 0 Å². The first-order valence-corrected chi connectivity index (χ1v) is 5.46. The summed E-state index contributed by atoms with van der Waals surface area (Å²) >= 11 is 0. The van der Waals surface area contributed by atoms with E-state index in [0.29, 0.717) is 18.4 Å². The standard InChI is InChI=1S/C13H16FNO/c1-3-10(9-15)13(16,4-2)11-6-5-7-12(14)8-11/h5-8,10,16H,3-4H2,1-2H3. The van der Waals surface area contributed by atoms with Gasteiger partial charge in [0.1, 0.15) is 11.4 Å². The van der Waals surface area contributed by atoms with Gasteiger partial charge in [0.05, 0.1) is 12.0 Å². The fourth-order valence-electron chi connectivity index (χ4n) is 1.95. The van der Waals surface area contributed by atoms with Crippen molar-refractivity contribution in [3.05, 3.63) is 35.6 Å². The van der Waals surface area contributed by atoms with Crippen LogP contribution in [0.2, 0.25) is 0 Å². The van der Waals surface area contributed by atoms with E-state index < -0.39 is 17.3 Å². The lowest BCUT2D eigenvalue weighted by atomic mass is 9.78. The van der Waals surface area contributed by atoms with Crippen LogP contribution in [0, 0.1) is 23.1 Å². The molecule has 0 saturated heterocycles. The molecule has 0 spiro atoms. The number of hydrogen-bond acceptors (Lipinski definition) is 2. The molecule has 2 unspecified atom stereocenters. The van der Waals surface area contributed by atoms with Crippen molar-refractivity contribution in [3.63, 3.8) is 0 Å². The van der Waals surface area contributed by atoms with Crippen LogP contribution in [0.4, 0.5) is 4.39 Å². The van der Waals surface area contributed by atoms with Gasteiger partial charge >= 0.3 is 0 Å². The minimum absolute atomic E-state index is 0.391. The minimum atomic E-state index is -1.26. The summed E-state index contributed by atoms with van der Waals surface area (Å²) in [5.41, 5.74) is -0.783. The molecule has 0 aliphatic carbocycles. The van der Waals surface area contributed by atoms with Gasteiger partial charge < -0.3 is 5.11 Å². The summed E-state index contributed by atoms with van der Waals surface area (Å²) < 4.78 is 13.1. The first kappa shape index (κ1) is 12.7. The molecule has 0 amide bonds. The van der Waals surface area contributed by atoms with Gasteiger partial charge in [-0.05, 0) is 30.5 Å². The molecule has 0 bridgehead atoms. The summed E-state index contributed by atoms with van der Waals surface area (Å²) in [6.07, 6.45) is 0.930. The number of nitriles is 1. The second-order valence-corrected chi connectivity index (χ2v) is 3.88. The third kappa shape index (κ3) is 2.23. The second kappa shape index (κ2) is 5.09. The van der Waals surface area contributed by atoms with Crippen molar-refractivity contribution in [2.75, 3.05) is 0 Å². The summed E-state index contributed by atoms with van der Waals surface area (Å²) in [6, 6.07) is 7.92. The summed E-state index contributed by atoms with van der Waals surface area (Å²) in [7, 11) is 0. The maximum atomic E-state index is 13.1. The third-order valence-corrected chi connectivity index (χ3v) is 3.00. The Morgan fingerprint density at radius 2 is 2.19 bits per heavy atom. The van der Waals surface area contributed by atoms with Crippen LogP contribution in [0.3, 0.4) is 0 Å². The largest absolute Gasteiger partial charge is 0.384 e. The molecule has 0 saturated carbocycles. The maximum absolute atomic E-state index is 13.1. The van der Waals surface area contributed by atoms with Gasteiger partial charge in [-0.2, -0.15) is 5.26 Å².